The van der Waals surface area contributed by atoms with Crippen LogP contribution in [-0.4, -0.2) is 5.16 Å². The molecule has 0 saturated carbocycles. The molecule has 0 aliphatic heterocycles. The van der Waals surface area contributed by atoms with Crippen LogP contribution < -0.4 is 0 Å². The normalized spacial score (nSPS) is 12.1. The summed E-state index contributed by atoms with van der Waals surface area (Å²) in [5, 5.41) is 0.0939. The third kappa shape index (κ3) is 18.8. The number of hydrogen-bond acceptors (Lipinski definition) is 1. The number of rotatable bonds is 25. The molecule has 0 amide bonds. The molecule has 0 N–H and O–H groups in total. The van der Waals surface area contributed by atoms with Gasteiger partial charge in [-0.25, -0.2) is 0 Å². The van der Waals surface area contributed by atoms with Crippen molar-refractivity contribution in [2.75, 3.05) is 0 Å². The summed E-state index contributed by atoms with van der Waals surface area (Å²) in [6.07, 6.45) is 32.1. The van der Waals surface area contributed by atoms with Crippen LogP contribution in [0, 0.1) is 0 Å². The number of unbranched alkanes of at least 4 members (excludes halogenated alkanes) is 18. The Morgan fingerprint density at radius 2 is 0.633 bits per heavy atom. The Labute approximate surface area is 193 Å². The molecule has 30 heavy (non-hydrogen) atoms. The zero-order valence-corrected chi connectivity index (χ0v) is 22.2. The van der Waals surface area contributed by atoms with Crippen LogP contribution in [0.4, 0.5) is 0 Å². The smallest absolute Gasteiger partial charge is 0.162 e. The zero-order valence-electron chi connectivity index (χ0n) is 21.3. The first-order valence-electron chi connectivity index (χ1n) is 14.1. The van der Waals surface area contributed by atoms with Gasteiger partial charge in [-0.2, -0.15) is 0 Å². The predicted octanol–water partition coefficient (Wildman–Crippen LogP) is 11.4. The maximum atomic E-state index is 12.3. The highest BCUT2D eigenvalue weighted by Gasteiger charge is 2.29. The maximum Gasteiger partial charge on any atom is 0.162 e. The SMILES string of the molecule is CCCCCCCCCCC(CCCCCCC)(CCCCCCCCCC)P=O. The van der Waals surface area contributed by atoms with E-state index in [9.17, 15) is 4.57 Å². The molecule has 1 nitrogen and oxygen atoms in total. The minimum atomic E-state index is 0.0939. The highest BCUT2D eigenvalue weighted by atomic mass is 31.1. The number of hydrogen-bond donors (Lipinski definition) is 0. The van der Waals surface area contributed by atoms with Crippen molar-refractivity contribution >= 4 is 8.46 Å². The van der Waals surface area contributed by atoms with Crippen molar-refractivity contribution < 1.29 is 4.57 Å². The van der Waals surface area contributed by atoms with Crippen LogP contribution in [0.15, 0.2) is 0 Å². The van der Waals surface area contributed by atoms with E-state index in [0.717, 1.165) is 0 Å². The molecule has 0 radical (unpaired) electrons. The molecule has 0 atom stereocenters. The van der Waals surface area contributed by atoms with E-state index in [1.807, 2.05) is 0 Å². The van der Waals surface area contributed by atoms with E-state index in [1.54, 1.807) is 0 Å². The van der Waals surface area contributed by atoms with Crippen LogP contribution >= 0.6 is 8.46 Å². The molecule has 180 valence electrons. The van der Waals surface area contributed by atoms with Gasteiger partial charge in [-0.15, -0.1) is 0 Å². The first kappa shape index (κ1) is 30.1. The molecule has 0 unspecified atom stereocenters. The summed E-state index contributed by atoms with van der Waals surface area (Å²) >= 11 is 0. The Kier molecular flexibility index (Phi) is 23.8. The molecule has 0 saturated heterocycles. The highest BCUT2D eigenvalue weighted by Crippen LogP contribution is 2.40. The molecule has 0 aromatic carbocycles. The molecule has 0 fully saturated rings. The van der Waals surface area contributed by atoms with Crippen LogP contribution in [0.2, 0.25) is 0 Å². The van der Waals surface area contributed by atoms with Gasteiger partial charge < -0.3 is 0 Å². The van der Waals surface area contributed by atoms with Crippen molar-refractivity contribution in [1.29, 1.82) is 0 Å². The van der Waals surface area contributed by atoms with Gasteiger partial charge in [0.05, 0.1) is 5.16 Å². The Balaban J connectivity index is 4.19. The molecule has 0 rings (SSSR count). The predicted molar refractivity (Wildman–Crippen MR) is 138 cm³/mol. The molecule has 0 aliphatic carbocycles. The largest absolute Gasteiger partial charge is 0.274 e. The van der Waals surface area contributed by atoms with Gasteiger partial charge in [-0.3, -0.25) is 4.57 Å². The van der Waals surface area contributed by atoms with Gasteiger partial charge in [-0.1, -0.05) is 156 Å². The van der Waals surface area contributed by atoms with E-state index in [0.29, 0.717) is 8.46 Å². The molecular weight excluding hydrogens is 383 g/mol. The fraction of sp³-hybridized carbons (Fsp3) is 1.00. The molecule has 0 aliphatic rings. The van der Waals surface area contributed by atoms with Crippen molar-refractivity contribution in [1.82, 2.24) is 0 Å². The summed E-state index contributed by atoms with van der Waals surface area (Å²) < 4.78 is 12.3. The monoisotopic (exact) mass is 440 g/mol. The van der Waals surface area contributed by atoms with Gasteiger partial charge in [-0.05, 0) is 19.3 Å². The fourth-order valence-electron chi connectivity index (χ4n) is 4.75. The summed E-state index contributed by atoms with van der Waals surface area (Å²) in [6, 6.07) is 0. The molecule has 0 bridgehead atoms. The second-order valence-electron chi connectivity index (χ2n) is 9.93. The zero-order chi connectivity index (χ0) is 22.2. The van der Waals surface area contributed by atoms with Gasteiger partial charge >= 0.3 is 0 Å². The molecule has 0 heterocycles. The van der Waals surface area contributed by atoms with E-state index in [1.165, 1.54) is 154 Å². The average molecular weight is 441 g/mol. The second-order valence-corrected chi connectivity index (χ2v) is 11.1. The van der Waals surface area contributed by atoms with Gasteiger partial charge in [0.1, 0.15) is 0 Å². The van der Waals surface area contributed by atoms with E-state index in [2.05, 4.69) is 20.8 Å². The molecular formula is C28H57OP. The lowest BCUT2D eigenvalue weighted by molar-refractivity contribution is 0.389. The third-order valence-corrected chi connectivity index (χ3v) is 7.99. The van der Waals surface area contributed by atoms with Crippen LogP contribution in [0.25, 0.3) is 0 Å². The second kappa shape index (κ2) is 23.8. The Hall–Kier alpha value is 0.100. The van der Waals surface area contributed by atoms with E-state index >= 15 is 0 Å². The highest BCUT2D eigenvalue weighted by molar-refractivity contribution is 7.26. The molecule has 2 heteroatoms. The Bertz CT molecular complexity index is 322. The lowest BCUT2D eigenvalue weighted by atomic mass is 9.88. The van der Waals surface area contributed by atoms with Crippen molar-refractivity contribution in [2.45, 2.75) is 180 Å². The summed E-state index contributed by atoms with van der Waals surface area (Å²) in [6.45, 7) is 6.86. The van der Waals surface area contributed by atoms with E-state index < -0.39 is 0 Å². The summed E-state index contributed by atoms with van der Waals surface area (Å²) in [7, 11) is 0.443. The van der Waals surface area contributed by atoms with E-state index in [4.69, 9.17) is 0 Å². The third-order valence-electron chi connectivity index (χ3n) is 6.93. The minimum Gasteiger partial charge on any atom is -0.274 e. The summed E-state index contributed by atoms with van der Waals surface area (Å²) in [5.74, 6) is 0. The van der Waals surface area contributed by atoms with Gasteiger partial charge in [0.25, 0.3) is 0 Å². The van der Waals surface area contributed by atoms with E-state index in [-0.39, 0.29) is 5.16 Å². The van der Waals surface area contributed by atoms with Crippen molar-refractivity contribution in [3.05, 3.63) is 0 Å². The van der Waals surface area contributed by atoms with Crippen LogP contribution in [0.1, 0.15) is 175 Å². The molecule has 0 aromatic heterocycles. The Morgan fingerprint density at radius 1 is 0.400 bits per heavy atom. The standard InChI is InChI=1S/C28H57OP/c1-4-7-10-13-15-17-20-23-26-28(30-29,25-22-19-12-9-6-3)27-24-21-18-16-14-11-8-5-2/h4-27H2,1-3H3. The van der Waals surface area contributed by atoms with Crippen molar-refractivity contribution in [2.24, 2.45) is 0 Å². The summed E-state index contributed by atoms with van der Waals surface area (Å²) in [5.41, 5.74) is 0. The van der Waals surface area contributed by atoms with Crippen molar-refractivity contribution in [3.8, 4) is 0 Å². The average Bonchev–Trinajstić information content (AvgIpc) is 2.76. The molecule has 0 spiro atoms. The van der Waals surface area contributed by atoms with Gasteiger partial charge in [0.15, 0.2) is 8.46 Å². The first-order valence-corrected chi connectivity index (χ1v) is 14.9. The van der Waals surface area contributed by atoms with Crippen LogP contribution in [0.5, 0.6) is 0 Å². The molecule has 0 aromatic rings. The summed E-state index contributed by atoms with van der Waals surface area (Å²) in [4.78, 5) is 0. The first-order chi connectivity index (χ1) is 14.7. The van der Waals surface area contributed by atoms with Gasteiger partial charge in [0, 0.05) is 0 Å². The lowest BCUT2D eigenvalue weighted by Gasteiger charge is -2.27. The quantitative estimate of drug-likeness (QED) is 0.102. The van der Waals surface area contributed by atoms with Crippen molar-refractivity contribution in [3.63, 3.8) is 0 Å². The maximum absolute atomic E-state index is 12.3. The fourth-order valence-corrected chi connectivity index (χ4v) is 5.49. The lowest BCUT2D eigenvalue weighted by Crippen LogP contribution is -2.22. The Morgan fingerprint density at radius 3 is 0.867 bits per heavy atom. The minimum absolute atomic E-state index is 0.0939. The topological polar surface area (TPSA) is 17.1 Å². The van der Waals surface area contributed by atoms with Crippen LogP contribution in [-0.2, 0) is 4.57 Å². The van der Waals surface area contributed by atoms with Crippen LogP contribution in [0.3, 0.4) is 0 Å². The van der Waals surface area contributed by atoms with Gasteiger partial charge in [0.2, 0.25) is 0 Å².